The zero-order valence-corrected chi connectivity index (χ0v) is 14.4. The second kappa shape index (κ2) is 7.81. The van der Waals surface area contributed by atoms with E-state index in [2.05, 4.69) is 5.32 Å². The Balaban J connectivity index is 2.42. The lowest BCUT2D eigenvalue weighted by molar-refractivity contribution is -0.142. The van der Waals surface area contributed by atoms with E-state index >= 15 is 0 Å². The molecule has 0 aliphatic heterocycles. The number of benzene rings is 2. The topological polar surface area (TPSA) is 108 Å². The zero-order chi connectivity index (χ0) is 18.4. The highest BCUT2D eigenvalue weighted by molar-refractivity contribution is 5.95. The molecule has 6 heteroatoms. The molecular weight excluding hydrogens is 318 g/mol. The normalized spacial score (nSPS) is 13.0. The number of hydrogen-bond acceptors (Lipinski definition) is 4. The third-order valence-corrected chi connectivity index (χ3v) is 4.18. The van der Waals surface area contributed by atoms with Crippen LogP contribution in [0.25, 0.3) is 0 Å². The average Bonchev–Trinajstić information content (AvgIpc) is 2.60. The molecule has 0 aliphatic carbocycles. The molecule has 6 nitrogen and oxygen atoms in total. The maximum atomic E-state index is 12.2. The second-order valence-electron chi connectivity index (χ2n) is 5.81. The van der Waals surface area contributed by atoms with Crippen LogP contribution in [0.5, 0.6) is 0 Å². The molecule has 0 aliphatic rings. The minimum Gasteiger partial charge on any atom is -0.479 e. The summed E-state index contributed by atoms with van der Waals surface area (Å²) in [4.78, 5) is 12.2. The maximum absolute atomic E-state index is 12.2. The number of methoxy groups -OCH3 is 1. The Bertz CT molecular complexity index is 759. The quantitative estimate of drug-likeness (QED) is 0.436. The number of nitrogens with two attached hydrogens (primary N) is 1. The van der Waals surface area contributed by atoms with Crippen molar-refractivity contribution in [2.75, 3.05) is 12.4 Å². The summed E-state index contributed by atoms with van der Waals surface area (Å²) in [6.45, 7) is 2.24. The summed E-state index contributed by atoms with van der Waals surface area (Å²) >= 11 is 0. The summed E-state index contributed by atoms with van der Waals surface area (Å²) in [5.41, 5.74) is 7.00. The molecule has 0 saturated carbocycles. The molecule has 2 aromatic carbocycles. The lowest BCUT2D eigenvalue weighted by atomic mass is 9.86. The summed E-state index contributed by atoms with van der Waals surface area (Å²) in [7, 11) is 1.60. The Labute approximate surface area is 147 Å². The monoisotopic (exact) mass is 341 g/mol. The van der Waals surface area contributed by atoms with E-state index in [4.69, 9.17) is 15.9 Å². The van der Waals surface area contributed by atoms with E-state index in [1.165, 1.54) is 0 Å². The second-order valence-corrected chi connectivity index (χ2v) is 5.81. The molecule has 0 fully saturated rings. The van der Waals surface area contributed by atoms with Crippen molar-refractivity contribution in [3.63, 3.8) is 0 Å². The first-order chi connectivity index (χ1) is 11.9. The molecule has 25 heavy (non-hydrogen) atoms. The number of aliphatic carboxylic acids is 1. The van der Waals surface area contributed by atoms with Gasteiger partial charge in [-0.15, -0.1) is 0 Å². The van der Waals surface area contributed by atoms with Crippen LogP contribution in [0.4, 0.5) is 5.69 Å². The van der Waals surface area contributed by atoms with Crippen molar-refractivity contribution < 1.29 is 14.6 Å². The van der Waals surface area contributed by atoms with Crippen LogP contribution in [0.2, 0.25) is 0 Å². The molecule has 0 amide bonds. The van der Waals surface area contributed by atoms with Gasteiger partial charge in [0.05, 0.1) is 6.61 Å². The number of carboxylic acid groups (broad SMARTS) is 1. The maximum Gasteiger partial charge on any atom is 0.334 e. The molecule has 5 N–H and O–H groups in total. The van der Waals surface area contributed by atoms with E-state index in [1.54, 1.807) is 37.4 Å². The van der Waals surface area contributed by atoms with Crippen LogP contribution in [-0.2, 0) is 21.7 Å². The number of hydrogen-bond donors (Lipinski definition) is 4. The Kier molecular flexibility index (Phi) is 5.77. The lowest BCUT2D eigenvalue weighted by Gasteiger charge is -2.31. The van der Waals surface area contributed by atoms with E-state index < -0.39 is 11.5 Å². The fourth-order valence-electron chi connectivity index (χ4n) is 2.77. The largest absolute Gasteiger partial charge is 0.479 e. The van der Waals surface area contributed by atoms with Crippen molar-refractivity contribution in [2.45, 2.75) is 25.5 Å². The molecule has 2 rings (SSSR count). The Morgan fingerprint density at radius 3 is 2.48 bits per heavy atom. The number of amidine groups is 1. The number of ether oxygens (including phenoxy) is 1. The van der Waals surface area contributed by atoms with Gasteiger partial charge in [-0.3, -0.25) is 5.41 Å². The van der Waals surface area contributed by atoms with Gasteiger partial charge >= 0.3 is 5.97 Å². The molecule has 0 aromatic heterocycles. The van der Waals surface area contributed by atoms with E-state index in [9.17, 15) is 9.90 Å². The van der Waals surface area contributed by atoms with Crippen LogP contribution in [0.15, 0.2) is 48.5 Å². The van der Waals surface area contributed by atoms with E-state index in [-0.39, 0.29) is 5.84 Å². The molecule has 2 aromatic rings. The van der Waals surface area contributed by atoms with E-state index in [1.807, 2.05) is 25.1 Å². The first-order valence-electron chi connectivity index (χ1n) is 7.97. The lowest BCUT2D eigenvalue weighted by Crippen LogP contribution is -2.43. The van der Waals surface area contributed by atoms with Crippen LogP contribution in [-0.4, -0.2) is 24.0 Å². The van der Waals surface area contributed by atoms with Crippen molar-refractivity contribution >= 4 is 17.5 Å². The van der Waals surface area contributed by atoms with Gasteiger partial charge in [-0.05, 0) is 41.8 Å². The predicted octanol–water partition coefficient (Wildman–Crippen LogP) is 2.92. The molecule has 0 saturated heterocycles. The zero-order valence-electron chi connectivity index (χ0n) is 14.4. The summed E-state index contributed by atoms with van der Waals surface area (Å²) in [6, 6.07) is 14.2. The van der Waals surface area contributed by atoms with Gasteiger partial charge in [-0.25, -0.2) is 4.79 Å². The van der Waals surface area contributed by atoms with Crippen molar-refractivity contribution in [2.24, 2.45) is 5.73 Å². The minimum absolute atomic E-state index is 0.0289. The Morgan fingerprint density at radius 1 is 1.28 bits per heavy atom. The van der Waals surface area contributed by atoms with Crippen molar-refractivity contribution in [3.05, 3.63) is 65.2 Å². The molecular formula is C19H23N3O3. The van der Waals surface area contributed by atoms with Gasteiger partial charge in [0.2, 0.25) is 0 Å². The number of rotatable bonds is 8. The van der Waals surface area contributed by atoms with Crippen LogP contribution >= 0.6 is 0 Å². The Hall–Kier alpha value is -2.86. The van der Waals surface area contributed by atoms with Crippen molar-refractivity contribution in [3.8, 4) is 0 Å². The van der Waals surface area contributed by atoms with Crippen LogP contribution in [0.3, 0.4) is 0 Å². The number of nitrogens with one attached hydrogen (secondary N) is 2. The standard InChI is InChI=1S/C19H23N3O3/c1-3-19(18(23)24,15-6-4-5-13(11-15)12-25-2)22-16-9-7-14(8-10-16)17(20)21/h4-11,22H,3,12H2,1-2H3,(H3,20,21)(H,23,24). The fourth-order valence-corrected chi connectivity index (χ4v) is 2.77. The number of nitrogen functional groups attached to an aromatic ring is 1. The minimum atomic E-state index is -1.26. The van der Waals surface area contributed by atoms with Gasteiger partial charge in [0.25, 0.3) is 0 Å². The van der Waals surface area contributed by atoms with Crippen molar-refractivity contribution in [1.29, 1.82) is 5.41 Å². The first-order valence-corrected chi connectivity index (χ1v) is 7.97. The molecule has 1 unspecified atom stereocenters. The van der Waals surface area contributed by atoms with Gasteiger partial charge in [-0.1, -0.05) is 31.2 Å². The van der Waals surface area contributed by atoms with Crippen LogP contribution < -0.4 is 11.1 Å². The molecule has 0 bridgehead atoms. The molecule has 0 radical (unpaired) electrons. The average molecular weight is 341 g/mol. The molecule has 132 valence electrons. The molecule has 0 heterocycles. The highest BCUT2D eigenvalue weighted by Crippen LogP contribution is 2.31. The van der Waals surface area contributed by atoms with E-state index in [0.29, 0.717) is 29.8 Å². The highest BCUT2D eigenvalue weighted by atomic mass is 16.5. The predicted molar refractivity (Wildman–Crippen MR) is 97.8 cm³/mol. The Morgan fingerprint density at radius 2 is 1.96 bits per heavy atom. The van der Waals surface area contributed by atoms with Gasteiger partial charge in [0, 0.05) is 18.4 Å². The van der Waals surface area contributed by atoms with Crippen molar-refractivity contribution in [1.82, 2.24) is 0 Å². The number of anilines is 1. The fraction of sp³-hybridized carbons (Fsp3) is 0.263. The van der Waals surface area contributed by atoms with Crippen LogP contribution in [0, 0.1) is 5.41 Å². The summed E-state index contributed by atoms with van der Waals surface area (Å²) in [6.07, 6.45) is 0.354. The molecule has 1 atom stereocenters. The number of carboxylic acids is 1. The van der Waals surface area contributed by atoms with Gasteiger partial charge in [-0.2, -0.15) is 0 Å². The van der Waals surface area contributed by atoms with Gasteiger partial charge < -0.3 is 20.9 Å². The third kappa shape index (κ3) is 3.97. The van der Waals surface area contributed by atoms with Gasteiger partial charge in [0.1, 0.15) is 5.84 Å². The smallest absolute Gasteiger partial charge is 0.334 e. The SMILES string of the molecule is CCC(Nc1ccc(C(=N)N)cc1)(C(=O)O)c1cccc(COC)c1. The molecule has 0 spiro atoms. The first kappa shape index (κ1) is 18.5. The third-order valence-electron chi connectivity index (χ3n) is 4.18. The highest BCUT2D eigenvalue weighted by Gasteiger charge is 2.38. The van der Waals surface area contributed by atoms with Gasteiger partial charge in [0.15, 0.2) is 5.54 Å². The number of carbonyl (C=O) groups is 1. The van der Waals surface area contributed by atoms with E-state index in [0.717, 1.165) is 5.56 Å². The van der Waals surface area contributed by atoms with Crippen LogP contribution in [0.1, 0.15) is 30.0 Å². The summed E-state index contributed by atoms with van der Waals surface area (Å²) in [5, 5.41) is 20.5. The summed E-state index contributed by atoms with van der Waals surface area (Å²) in [5.74, 6) is -0.987. The summed E-state index contributed by atoms with van der Waals surface area (Å²) < 4.78 is 5.14.